The Kier molecular flexibility index (Phi) is 7.43. The van der Waals surface area contributed by atoms with Gasteiger partial charge in [-0.2, -0.15) is 9.97 Å². The van der Waals surface area contributed by atoms with E-state index in [1.165, 1.54) is 16.0 Å². The molecule has 9 nitrogen and oxygen atoms in total. The maximum Gasteiger partial charge on any atom is 0.318 e. The predicted octanol–water partition coefficient (Wildman–Crippen LogP) is 3.37. The maximum atomic E-state index is 13.8. The summed E-state index contributed by atoms with van der Waals surface area (Å²) in [6.07, 6.45) is 4.41. The number of likely N-dealkylation sites (tertiary alicyclic amines) is 1. The number of carbonyl (C=O) groups excluding carboxylic acids is 1. The number of hydrogen-bond acceptors (Lipinski definition) is 7. The van der Waals surface area contributed by atoms with Crippen molar-refractivity contribution < 1.29 is 13.9 Å². The van der Waals surface area contributed by atoms with Crippen molar-refractivity contribution in [1.82, 2.24) is 24.7 Å². The molecule has 1 aromatic heterocycles. The van der Waals surface area contributed by atoms with Crippen molar-refractivity contribution in [3.8, 4) is 6.01 Å². The summed E-state index contributed by atoms with van der Waals surface area (Å²) in [7, 11) is 2.12. The number of carbonyl (C=O) groups is 1. The number of anilines is 1. The highest BCUT2D eigenvalue weighted by Crippen LogP contribution is 2.42. The van der Waals surface area contributed by atoms with Crippen molar-refractivity contribution in [1.29, 1.82) is 0 Å². The number of likely N-dealkylation sites (N-methyl/N-ethyl adjacent to an activating group) is 1. The highest BCUT2D eigenvalue weighted by atomic mass is 19.1. The molecule has 1 amide bonds. The summed E-state index contributed by atoms with van der Waals surface area (Å²) in [5.41, 5.74) is 4.85. The second kappa shape index (κ2) is 11.1. The Balaban J connectivity index is 1.29. The number of amides is 1. The number of hydrogen-bond donors (Lipinski definition) is 0. The normalized spacial score (nSPS) is 24.6. The minimum absolute atomic E-state index is 0.0884. The van der Waals surface area contributed by atoms with Crippen LogP contribution in [0.15, 0.2) is 36.7 Å². The SMILES string of the molecule is [C-]#[N+]C[C@H]1CN(c2nc(OC[C@@H]3CCCN3C)nc3c2CN(C2CCc4ccccc42)C3)CCN1C(=O)C(=C)F. The van der Waals surface area contributed by atoms with E-state index in [9.17, 15) is 9.18 Å². The summed E-state index contributed by atoms with van der Waals surface area (Å²) in [4.78, 5) is 34.2. The van der Waals surface area contributed by atoms with Gasteiger partial charge in [0.15, 0.2) is 5.83 Å². The Labute approximate surface area is 235 Å². The Morgan fingerprint density at radius 3 is 2.80 bits per heavy atom. The summed E-state index contributed by atoms with van der Waals surface area (Å²) < 4.78 is 20.0. The molecule has 4 aliphatic rings. The summed E-state index contributed by atoms with van der Waals surface area (Å²) in [5.74, 6) is -0.932. The number of ether oxygens (including phenoxy) is 1. The van der Waals surface area contributed by atoms with Crippen LogP contribution in [0, 0.1) is 6.57 Å². The van der Waals surface area contributed by atoms with Crippen LogP contribution in [0.5, 0.6) is 6.01 Å². The van der Waals surface area contributed by atoms with Crippen LogP contribution in [-0.4, -0.2) is 89.0 Å². The van der Waals surface area contributed by atoms with Crippen molar-refractivity contribution in [2.75, 3.05) is 51.3 Å². The standard InChI is InChI=1S/C30H36FN7O2/c1-20(31)29(39)38-14-13-36(16-23(38)15-32-2)28-25-17-37(27-11-10-21-7-4-5-9-24(21)27)18-26(25)33-30(34-28)40-19-22-8-6-12-35(22)3/h4-5,7,9,22-23,27H,1,6,8,10-19H2,3H3/t22-,23-,27?/m0/s1. The highest BCUT2D eigenvalue weighted by molar-refractivity contribution is 5.91. The van der Waals surface area contributed by atoms with Gasteiger partial charge in [-0.1, -0.05) is 30.8 Å². The molecule has 2 aromatic rings. The van der Waals surface area contributed by atoms with E-state index >= 15 is 0 Å². The van der Waals surface area contributed by atoms with Gasteiger partial charge in [-0.3, -0.25) is 9.69 Å². The quantitative estimate of drug-likeness (QED) is 0.390. The third-order valence-electron chi connectivity index (χ3n) is 8.96. The molecule has 1 unspecified atom stereocenters. The first kappa shape index (κ1) is 26.7. The van der Waals surface area contributed by atoms with Crippen molar-refractivity contribution in [2.45, 2.75) is 56.9 Å². The van der Waals surface area contributed by atoms with Crippen molar-refractivity contribution in [3.05, 3.63) is 70.5 Å². The molecule has 0 bridgehead atoms. The summed E-state index contributed by atoms with van der Waals surface area (Å²) >= 11 is 0. The summed E-state index contributed by atoms with van der Waals surface area (Å²) in [6.45, 7) is 14.9. The third-order valence-corrected chi connectivity index (χ3v) is 8.96. The average Bonchev–Trinajstić information content (AvgIpc) is 3.69. The van der Waals surface area contributed by atoms with Crippen LogP contribution in [0.2, 0.25) is 0 Å². The van der Waals surface area contributed by atoms with Crippen LogP contribution >= 0.6 is 0 Å². The first-order chi connectivity index (χ1) is 19.4. The van der Waals surface area contributed by atoms with Crippen molar-refractivity contribution in [2.24, 2.45) is 0 Å². The molecule has 3 atom stereocenters. The molecule has 2 fully saturated rings. The molecule has 210 valence electrons. The fourth-order valence-electron chi connectivity index (χ4n) is 6.79. The zero-order valence-corrected chi connectivity index (χ0v) is 23.1. The van der Waals surface area contributed by atoms with Crippen LogP contribution in [0.4, 0.5) is 10.2 Å². The van der Waals surface area contributed by atoms with Crippen LogP contribution in [0.3, 0.4) is 0 Å². The Bertz CT molecular complexity index is 1340. The zero-order valence-electron chi connectivity index (χ0n) is 23.1. The molecule has 10 heteroatoms. The fourth-order valence-corrected chi connectivity index (χ4v) is 6.79. The van der Waals surface area contributed by atoms with Crippen LogP contribution < -0.4 is 9.64 Å². The first-order valence-electron chi connectivity index (χ1n) is 14.2. The van der Waals surface area contributed by atoms with E-state index < -0.39 is 17.8 Å². The number of halogens is 1. The van der Waals surface area contributed by atoms with E-state index in [1.54, 1.807) is 0 Å². The molecule has 1 aliphatic carbocycles. The van der Waals surface area contributed by atoms with Gasteiger partial charge in [-0.15, -0.1) is 0 Å². The lowest BCUT2D eigenvalue weighted by molar-refractivity contribution is -0.131. The number of piperazine rings is 1. The number of fused-ring (bicyclic) bond motifs is 2. The molecule has 0 spiro atoms. The molecule has 1 aromatic carbocycles. The number of aryl methyl sites for hydroxylation is 1. The molecular weight excluding hydrogens is 509 g/mol. The van der Waals surface area contributed by atoms with Gasteiger partial charge in [-0.05, 0) is 50.4 Å². The summed E-state index contributed by atoms with van der Waals surface area (Å²) in [5, 5.41) is 0. The van der Waals surface area contributed by atoms with Crippen LogP contribution in [-0.2, 0) is 24.3 Å². The topological polar surface area (TPSA) is 69.4 Å². The van der Waals surface area contributed by atoms with Gasteiger partial charge in [0.05, 0.1) is 5.69 Å². The monoisotopic (exact) mass is 545 g/mol. The lowest BCUT2D eigenvalue weighted by atomic mass is 10.1. The first-order valence-corrected chi connectivity index (χ1v) is 14.2. The van der Waals surface area contributed by atoms with Crippen molar-refractivity contribution >= 4 is 11.7 Å². The summed E-state index contributed by atoms with van der Waals surface area (Å²) in [6, 6.07) is 9.28. The van der Waals surface area contributed by atoms with Crippen LogP contribution in [0.1, 0.15) is 47.7 Å². The number of aromatic nitrogens is 2. The molecule has 0 saturated carbocycles. The van der Waals surface area contributed by atoms with Gasteiger partial charge in [0.1, 0.15) is 18.5 Å². The van der Waals surface area contributed by atoms with E-state index in [4.69, 9.17) is 21.3 Å². The van der Waals surface area contributed by atoms with Gasteiger partial charge in [0.25, 0.3) is 5.91 Å². The molecular formula is C30H36FN7O2. The van der Waals surface area contributed by atoms with Gasteiger partial charge < -0.3 is 24.3 Å². The lowest BCUT2D eigenvalue weighted by Crippen LogP contribution is -2.56. The molecule has 4 heterocycles. The smallest absolute Gasteiger partial charge is 0.318 e. The molecule has 2 saturated heterocycles. The predicted molar refractivity (Wildman–Crippen MR) is 149 cm³/mol. The van der Waals surface area contributed by atoms with Gasteiger partial charge >= 0.3 is 6.01 Å². The van der Waals surface area contributed by atoms with Gasteiger partial charge in [-0.25, -0.2) is 11.0 Å². The van der Waals surface area contributed by atoms with Crippen LogP contribution in [0.25, 0.3) is 4.85 Å². The molecule has 0 radical (unpaired) electrons. The Morgan fingerprint density at radius 1 is 1.18 bits per heavy atom. The molecule has 0 N–H and O–H groups in total. The van der Waals surface area contributed by atoms with E-state index in [2.05, 4.69) is 57.4 Å². The van der Waals surface area contributed by atoms with Gasteiger partial charge in [0, 0.05) is 50.4 Å². The molecule has 40 heavy (non-hydrogen) atoms. The zero-order chi connectivity index (χ0) is 27.8. The van der Waals surface area contributed by atoms with Gasteiger partial charge in [0.2, 0.25) is 6.54 Å². The number of nitrogens with zero attached hydrogens (tertiary/aromatic N) is 7. The van der Waals surface area contributed by atoms with E-state index in [0.29, 0.717) is 44.3 Å². The lowest BCUT2D eigenvalue weighted by Gasteiger charge is -2.40. The minimum Gasteiger partial charge on any atom is -0.462 e. The van der Waals surface area contributed by atoms with Crippen molar-refractivity contribution in [3.63, 3.8) is 0 Å². The Hall–Kier alpha value is -3.55. The Morgan fingerprint density at radius 2 is 2.02 bits per heavy atom. The number of rotatable bonds is 7. The second-order valence-corrected chi connectivity index (χ2v) is 11.3. The molecule has 6 rings (SSSR count). The highest BCUT2D eigenvalue weighted by Gasteiger charge is 2.39. The van der Waals surface area contributed by atoms with E-state index in [0.717, 1.165) is 62.4 Å². The van der Waals surface area contributed by atoms with E-state index in [-0.39, 0.29) is 6.54 Å². The van der Waals surface area contributed by atoms with E-state index in [1.807, 2.05) is 0 Å². The maximum absolute atomic E-state index is 13.8. The fraction of sp³-hybridized carbons (Fsp3) is 0.533. The third kappa shape index (κ3) is 5.04. The second-order valence-electron chi connectivity index (χ2n) is 11.3. The average molecular weight is 546 g/mol. The minimum atomic E-state index is -0.994. The molecule has 3 aliphatic heterocycles. The number of benzene rings is 1. The largest absolute Gasteiger partial charge is 0.462 e.